The van der Waals surface area contributed by atoms with Gasteiger partial charge in [-0.15, -0.1) is 0 Å². The number of nitrogens with zero attached hydrogens (tertiary/aromatic N) is 1. The van der Waals surface area contributed by atoms with E-state index in [4.69, 9.17) is 10.5 Å². The minimum Gasteiger partial charge on any atom is -0.487 e. The lowest BCUT2D eigenvalue weighted by atomic mass is 9.82. The van der Waals surface area contributed by atoms with Crippen molar-refractivity contribution in [3.8, 4) is 16.9 Å². The molecule has 5 heteroatoms. The predicted octanol–water partition coefficient (Wildman–Crippen LogP) is 4.07. The Kier molecular flexibility index (Phi) is 3.64. The zero-order valence-corrected chi connectivity index (χ0v) is 15.2. The number of fused-ring (bicyclic) bond motifs is 2. The van der Waals surface area contributed by atoms with Gasteiger partial charge in [-0.25, -0.2) is 4.79 Å². The molecule has 3 aromatic rings. The maximum atomic E-state index is 11.4. The molecule has 3 N–H and O–H groups in total. The molecule has 27 heavy (non-hydrogen) atoms. The van der Waals surface area contributed by atoms with Gasteiger partial charge in [-0.3, -0.25) is 0 Å². The van der Waals surface area contributed by atoms with E-state index in [9.17, 15) is 4.79 Å². The maximum Gasteiger partial charge on any atom is 0.314 e. The third-order valence-corrected chi connectivity index (χ3v) is 6.11. The molecule has 1 fully saturated rings. The maximum absolute atomic E-state index is 11.4. The van der Waals surface area contributed by atoms with Gasteiger partial charge in [-0.1, -0.05) is 12.1 Å². The SMILES string of the molecule is NC(=O)N1CCC2(CCc3cc(-c4ccc5[nH]ccc5c4)ccc3O2)CC1. The van der Waals surface area contributed by atoms with Gasteiger partial charge in [-0.05, 0) is 65.3 Å². The van der Waals surface area contributed by atoms with Crippen molar-refractivity contribution in [2.45, 2.75) is 31.3 Å². The van der Waals surface area contributed by atoms with Crippen molar-refractivity contribution in [1.29, 1.82) is 0 Å². The first-order chi connectivity index (χ1) is 13.1. The van der Waals surface area contributed by atoms with Crippen molar-refractivity contribution in [1.82, 2.24) is 9.88 Å². The van der Waals surface area contributed by atoms with Crippen LogP contribution in [0.5, 0.6) is 5.75 Å². The number of aromatic amines is 1. The van der Waals surface area contributed by atoms with Crippen LogP contribution >= 0.6 is 0 Å². The number of carbonyl (C=O) groups is 1. The van der Waals surface area contributed by atoms with Crippen molar-refractivity contribution in [2.24, 2.45) is 5.73 Å². The van der Waals surface area contributed by atoms with Crippen molar-refractivity contribution >= 4 is 16.9 Å². The van der Waals surface area contributed by atoms with Gasteiger partial charge in [-0.2, -0.15) is 0 Å². The van der Waals surface area contributed by atoms with Crippen molar-refractivity contribution in [3.63, 3.8) is 0 Å². The molecule has 0 aliphatic carbocycles. The highest BCUT2D eigenvalue weighted by Gasteiger charge is 2.40. The zero-order valence-electron chi connectivity index (χ0n) is 15.2. The molecule has 5 rings (SSSR count). The molecule has 0 unspecified atom stereocenters. The van der Waals surface area contributed by atoms with Gasteiger partial charge in [0.25, 0.3) is 0 Å². The summed E-state index contributed by atoms with van der Waals surface area (Å²) in [6.45, 7) is 1.36. The Hall–Kier alpha value is -2.95. The van der Waals surface area contributed by atoms with E-state index in [1.54, 1.807) is 4.90 Å². The van der Waals surface area contributed by atoms with Crippen LogP contribution in [0.1, 0.15) is 24.8 Å². The van der Waals surface area contributed by atoms with E-state index in [0.29, 0.717) is 13.1 Å². The number of ether oxygens (including phenoxy) is 1. The summed E-state index contributed by atoms with van der Waals surface area (Å²) >= 11 is 0. The number of H-pyrrole nitrogens is 1. The second-order valence-electron chi connectivity index (χ2n) is 7.71. The number of benzene rings is 2. The van der Waals surface area contributed by atoms with Crippen LogP contribution in [0.3, 0.4) is 0 Å². The minimum atomic E-state index is -0.329. The molecule has 2 amide bonds. The summed E-state index contributed by atoms with van der Waals surface area (Å²) in [5, 5.41) is 1.22. The van der Waals surface area contributed by atoms with Crippen LogP contribution in [0.4, 0.5) is 4.79 Å². The second kappa shape index (κ2) is 6.05. The first-order valence-corrected chi connectivity index (χ1v) is 9.56. The molecule has 1 aromatic heterocycles. The highest BCUT2D eigenvalue weighted by atomic mass is 16.5. The number of nitrogens with two attached hydrogens (primary N) is 1. The number of carbonyl (C=O) groups excluding carboxylic acids is 1. The van der Waals surface area contributed by atoms with Crippen LogP contribution in [0, 0.1) is 0 Å². The molecule has 2 aliphatic heterocycles. The quantitative estimate of drug-likeness (QED) is 0.686. The monoisotopic (exact) mass is 361 g/mol. The Labute approximate surface area is 158 Å². The van der Waals surface area contributed by atoms with Crippen LogP contribution in [-0.2, 0) is 6.42 Å². The lowest BCUT2D eigenvalue weighted by Crippen LogP contribution is -2.52. The van der Waals surface area contributed by atoms with E-state index in [-0.39, 0.29) is 11.6 Å². The van der Waals surface area contributed by atoms with Gasteiger partial charge >= 0.3 is 6.03 Å². The zero-order chi connectivity index (χ0) is 18.4. The molecule has 0 saturated carbocycles. The van der Waals surface area contributed by atoms with E-state index < -0.39 is 0 Å². The molecule has 138 valence electrons. The lowest BCUT2D eigenvalue weighted by Gasteiger charge is -2.44. The number of amides is 2. The van der Waals surface area contributed by atoms with Crippen molar-refractivity contribution in [2.75, 3.05) is 13.1 Å². The van der Waals surface area contributed by atoms with Gasteiger partial charge in [0.2, 0.25) is 0 Å². The fraction of sp³-hybridized carbons (Fsp3) is 0.318. The number of hydrogen-bond donors (Lipinski definition) is 2. The van der Waals surface area contributed by atoms with E-state index >= 15 is 0 Å². The highest BCUT2D eigenvalue weighted by Crippen LogP contribution is 2.40. The summed E-state index contributed by atoms with van der Waals surface area (Å²) in [4.78, 5) is 16.3. The molecule has 1 saturated heterocycles. The second-order valence-corrected chi connectivity index (χ2v) is 7.71. The summed E-state index contributed by atoms with van der Waals surface area (Å²) in [5.41, 5.74) is 10.1. The number of piperidine rings is 1. The summed E-state index contributed by atoms with van der Waals surface area (Å²) in [6, 6.07) is 14.8. The average molecular weight is 361 g/mol. The van der Waals surface area contributed by atoms with E-state index in [1.165, 1.54) is 22.1 Å². The van der Waals surface area contributed by atoms with E-state index in [0.717, 1.165) is 36.9 Å². The standard InChI is InChI=1S/C22H23N3O2/c23-21(26)25-11-8-22(9-12-25)7-5-18-14-16(2-4-20(18)27-22)15-1-3-19-17(13-15)6-10-24-19/h1-4,6,10,13-14,24H,5,7-9,11-12H2,(H2,23,26). The van der Waals surface area contributed by atoms with Crippen LogP contribution in [0.15, 0.2) is 48.7 Å². The molecule has 3 heterocycles. The Morgan fingerprint density at radius 3 is 2.63 bits per heavy atom. The average Bonchev–Trinajstić information content (AvgIpc) is 3.16. The predicted molar refractivity (Wildman–Crippen MR) is 106 cm³/mol. The van der Waals surface area contributed by atoms with Crippen molar-refractivity contribution < 1.29 is 9.53 Å². The number of urea groups is 1. The smallest absolute Gasteiger partial charge is 0.314 e. The Morgan fingerprint density at radius 1 is 1.04 bits per heavy atom. The van der Waals surface area contributed by atoms with E-state index in [1.807, 2.05) is 6.20 Å². The molecule has 2 aromatic carbocycles. The number of aromatic nitrogens is 1. The molecule has 0 bridgehead atoms. The molecule has 2 aliphatic rings. The largest absolute Gasteiger partial charge is 0.487 e. The number of rotatable bonds is 1. The first-order valence-electron chi connectivity index (χ1n) is 9.56. The molecular weight excluding hydrogens is 338 g/mol. The summed E-state index contributed by atoms with van der Waals surface area (Å²) in [6.07, 6.45) is 5.67. The van der Waals surface area contributed by atoms with Crippen LogP contribution in [0.25, 0.3) is 22.0 Å². The number of primary amides is 1. The molecule has 5 nitrogen and oxygen atoms in total. The van der Waals surface area contributed by atoms with Gasteiger partial charge < -0.3 is 20.4 Å². The topological polar surface area (TPSA) is 71.4 Å². The molecule has 0 radical (unpaired) electrons. The summed E-state index contributed by atoms with van der Waals surface area (Å²) in [7, 11) is 0. The number of nitrogens with one attached hydrogen (secondary N) is 1. The third kappa shape index (κ3) is 2.83. The highest BCUT2D eigenvalue weighted by molar-refractivity contribution is 5.85. The van der Waals surface area contributed by atoms with Gasteiger partial charge in [0.1, 0.15) is 11.4 Å². The Balaban J connectivity index is 1.39. The lowest BCUT2D eigenvalue weighted by molar-refractivity contribution is -0.00471. The van der Waals surface area contributed by atoms with Crippen LogP contribution in [0.2, 0.25) is 0 Å². The fourth-order valence-electron chi connectivity index (χ4n) is 4.42. The minimum absolute atomic E-state index is 0.148. The van der Waals surface area contributed by atoms with E-state index in [2.05, 4.69) is 47.4 Å². The summed E-state index contributed by atoms with van der Waals surface area (Å²) < 4.78 is 6.45. The van der Waals surface area contributed by atoms with Crippen molar-refractivity contribution in [3.05, 3.63) is 54.2 Å². The Morgan fingerprint density at radius 2 is 1.81 bits per heavy atom. The number of hydrogen-bond acceptors (Lipinski definition) is 2. The summed E-state index contributed by atoms with van der Waals surface area (Å²) in [5.74, 6) is 0.986. The van der Waals surface area contributed by atoms with Gasteiger partial charge in [0.05, 0.1) is 0 Å². The number of aryl methyl sites for hydroxylation is 1. The van der Waals surface area contributed by atoms with Crippen LogP contribution in [-0.4, -0.2) is 34.6 Å². The van der Waals surface area contributed by atoms with Gasteiger partial charge in [0.15, 0.2) is 0 Å². The molecular formula is C22H23N3O2. The normalized spacial score (nSPS) is 18.3. The Bertz CT molecular complexity index is 1020. The molecule has 0 atom stereocenters. The fourth-order valence-corrected chi connectivity index (χ4v) is 4.42. The molecule has 1 spiro atoms. The first kappa shape index (κ1) is 16.2. The third-order valence-electron chi connectivity index (χ3n) is 6.11. The number of likely N-dealkylation sites (tertiary alicyclic amines) is 1. The van der Waals surface area contributed by atoms with Gasteiger partial charge in [0, 0.05) is 37.6 Å². The van der Waals surface area contributed by atoms with Crippen LogP contribution < -0.4 is 10.5 Å².